The van der Waals surface area contributed by atoms with Gasteiger partial charge in [0.15, 0.2) is 0 Å². The molecule has 1 aliphatic carbocycles. The topological polar surface area (TPSA) is 48.9 Å². The molecule has 1 heterocycles. The maximum atomic E-state index is 8.85. The van der Waals surface area contributed by atoms with Gasteiger partial charge in [-0.2, -0.15) is 0 Å². The van der Waals surface area contributed by atoms with Crippen molar-refractivity contribution in [2.24, 2.45) is 0 Å². The minimum Gasteiger partial charge on any atom is -0.390 e. The number of imidazole rings is 1. The maximum absolute atomic E-state index is 8.85. The van der Waals surface area contributed by atoms with Crippen molar-refractivity contribution in [1.82, 2.24) is 9.97 Å². The van der Waals surface area contributed by atoms with Gasteiger partial charge >= 0.3 is 0 Å². The molecule has 1 aromatic rings. The van der Waals surface area contributed by atoms with Gasteiger partial charge in [0.25, 0.3) is 0 Å². The molecule has 0 aliphatic heterocycles. The van der Waals surface area contributed by atoms with Crippen molar-refractivity contribution in [1.29, 1.82) is 0 Å². The summed E-state index contributed by atoms with van der Waals surface area (Å²) in [4.78, 5) is 7.47. The Kier molecular flexibility index (Phi) is 1.46. The van der Waals surface area contributed by atoms with Crippen LogP contribution < -0.4 is 0 Å². The number of aliphatic hydroxyl groups is 1. The minimum absolute atomic E-state index is 0.0506. The van der Waals surface area contributed by atoms with Crippen LogP contribution >= 0.6 is 0 Å². The van der Waals surface area contributed by atoms with Gasteiger partial charge in [0, 0.05) is 11.6 Å². The van der Waals surface area contributed by atoms with Crippen LogP contribution in [0.5, 0.6) is 0 Å². The summed E-state index contributed by atoms with van der Waals surface area (Å²) in [6, 6.07) is 0. The van der Waals surface area contributed by atoms with Crippen molar-refractivity contribution in [3.8, 4) is 0 Å². The lowest BCUT2D eigenvalue weighted by atomic mass is 10.4. The third-order valence-electron chi connectivity index (χ3n) is 2.12. The second-order valence-electron chi connectivity index (χ2n) is 3.13. The Hall–Kier alpha value is -0.830. The smallest absolute Gasteiger partial charge is 0.109 e. The molecule has 0 saturated heterocycles. The van der Waals surface area contributed by atoms with Crippen LogP contribution in [0.25, 0.3) is 0 Å². The first kappa shape index (κ1) is 6.85. The van der Waals surface area contributed by atoms with E-state index in [9.17, 15) is 0 Å². The summed E-state index contributed by atoms with van der Waals surface area (Å²) in [5, 5.41) is 8.85. The molecule has 11 heavy (non-hydrogen) atoms. The van der Waals surface area contributed by atoms with Crippen molar-refractivity contribution in [3.63, 3.8) is 0 Å². The molecule has 1 aliphatic rings. The summed E-state index contributed by atoms with van der Waals surface area (Å²) < 4.78 is 0. The van der Waals surface area contributed by atoms with Crippen molar-refractivity contribution in [3.05, 3.63) is 17.2 Å². The molecule has 2 N–H and O–H groups in total. The number of hydrogen-bond acceptors (Lipinski definition) is 2. The van der Waals surface area contributed by atoms with Gasteiger partial charge in [-0.15, -0.1) is 0 Å². The largest absolute Gasteiger partial charge is 0.390 e. The number of nitrogens with zero attached hydrogens (tertiary/aromatic N) is 1. The summed E-state index contributed by atoms with van der Waals surface area (Å²) in [7, 11) is 0. The number of nitrogens with one attached hydrogen (secondary N) is 1. The predicted octanol–water partition coefficient (Wildman–Crippen LogP) is 1.09. The first-order valence-electron chi connectivity index (χ1n) is 3.97. The average molecular weight is 152 g/mol. The molecule has 0 spiro atoms. The van der Waals surface area contributed by atoms with E-state index in [-0.39, 0.29) is 6.61 Å². The van der Waals surface area contributed by atoms with Gasteiger partial charge < -0.3 is 10.1 Å². The Morgan fingerprint density at radius 2 is 2.36 bits per heavy atom. The lowest BCUT2D eigenvalue weighted by Gasteiger charge is -1.86. The average Bonchev–Trinajstić information content (AvgIpc) is 2.76. The zero-order chi connectivity index (χ0) is 7.84. The fraction of sp³-hybridized carbons (Fsp3) is 0.625. The number of aromatic amines is 1. The molecule has 3 heteroatoms. The predicted molar refractivity (Wildman–Crippen MR) is 41.2 cm³/mol. The van der Waals surface area contributed by atoms with Crippen molar-refractivity contribution in [2.75, 3.05) is 0 Å². The normalized spacial score (nSPS) is 17.3. The highest BCUT2D eigenvalue weighted by molar-refractivity contribution is 5.16. The molecule has 1 saturated carbocycles. The molecule has 0 bridgehead atoms. The minimum atomic E-state index is 0.0506. The van der Waals surface area contributed by atoms with Gasteiger partial charge in [-0.05, 0) is 19.8 Å². The number of rotatable bonds is 2. The van der Waals surface area contributed by atoms with Crippen LogP contribution in [-0.2, 0) is 6.61 Å². The summed E-state index contributed by atoms with van der Waals surface area (Å²) in [5.41, 5.74) is 1.81. The van der Waals surface area contributed by atoms with Crippen LogP contribution in [0.4, 0.5) is 0 Å². The molecule has 1 aromatic heterocycles. The molecule has 0 atom stereocenters. The monoisotopic (exact) mass is 152 g/mol. The van der Waals surface area contributed by atoms with Crippen molar-refractivity contribution < 1.29 is 5.11 Å². The third kappa shape index (κ3) is 1.16. The molecule has 0 amide bonds. The quantitative estimate of drug-likeness (QED) is 0.666. The number of H-pyrrole nitrogens is 1. The highest BCUT2D eigenvalue weighted by Crippen LogP contribution is 2.38. The second-order valence-corrected chi connectivity index (χ2v) is 3.13. The van der Waals surface area contributed by atoms with E-state index in [1.165, 1.54) is 12.8 Å². The molecule has 0 unspecified atom stereocenters. The maximum Gasteiger partial charge on any atom is 0.109 e. The van der Waals surface area contributed by atoms with E-state index in [4.69, 9.17) is 5.11 Å². The third-order valence-corrected chi connectivity index (χ3v) is 2.12. The summed E-state index contributed by atoms with van der Waals surface area (Å²) in [6.45, 7) is 2.00. The molecule has 0 aromatic carbocycles. The van der Waals surface area contributed by atoms with Crippen LogP contribution in [0, 0.1) is 6.92 Å². The Labute approximate surface area is 65.5 Å². The van der Waals surface area contributed by atoms with Gasteiger partial charge in [-0.1, -0.05) is 0 Å². The van der Waals surface area contributed by atoms with Gasteiger partial charge in [0.2, 0.25) is 0 Å². The van der Waals surface area contributed by atoms with Gasteiger partial charge in [-0.25, -0.2) is 4.98 Å². The molecular formula is C8H12N2O. The van der Waals surface area contributed by atoms with E-state index in [0.29, 0.717) is 5.92 Å². The van der Waals surface area contributed by atoms with E-state index >= 15 is 0 Å². The van der Waals surface area contributed by atoms with Crippen molar-refractivity contribution >= 4 is 0 Å². The zero-order valence-corrected chi connectivity index (χ0v) is 6.59. The molecule has 60 valence electrons. The number of aliphatic hydroxyl groups excluding tert-OH is 1. The Balaban J connectivity index is 2.28. The van der Waals surface area contributed by atoms with Crippen LogP contribution in [0.1, 0.15) is 36.0 Å². The second kappa shape index (κ2) is 2.34. The number of aromatic nitrogens is 2. The summed E-state index contributed by atoms with van der Waals surface area (Å²) in [5.74, 6) is 1.71. The highest BCUT2D eigenvalue weighted by Gasteiger charge is 2.27. The fourth-order valence-electron chi connectivity index (χ4n) is 1.23. The summed E-state index contributed by atoms with van der Waals surface area (Å²) >= 11 is 0. The van der Waals surface area contributed by atoms with E-state index in [1.54, 1.807) is 0 Å². The van der Waals surface area contributed by atoms with Crippen LogP contribution in [0.3, 0.4) is 0 Å². The SMILES string of the molecule is Cc1[nH]c(C2CC2)nc1CO. The number of hydrogen-bond donors (Lipinski definition) is 2. The molecule has 2 rings (SSSR count). The zero-order valence-electron chi connectivity index (χ0n) is 6.59. The van der Waals surface area contributed by atoms with Gasteiger partial charge in [0.1, 0.15) is 5.82 Å². The van der Waals surface area contributed by atoms with Crippen LogP contribution in [0.2, 0.25) is 0 Å². The van der Waals surface area contributed by atoms with Crippen molar-refractivity contribution in [2.45, 2.75) is 32.3 Å². The lowest BCUT2D eigenvalue weighted by Crippen LogP contribution is -1.85. The Bertz CT molecular complexity index is 263. The lowest BCUT2D eigenvalue weighted by molar-refractivity contribution is 0.276. The first-order valence-corrected chi connectivity index (χ1v) is 3.97. The Morgan fingerprint density at radius 3 is 2.82 bits per heavy atom. The Morgan fingerprint density at radius 1 is 1.64 bits per heavy atom. The van der Waals surface area contributed by atoms with E-state index in [0.717, 1.165) is 17.2 Å². The van der Waals surface area contributed by atoms with Gasteiger partial charge in [-0.3, -0.25) is 0 Å². The molecule has 3 nitrogen and oxygen atoms in total. The number of aryl methyl sites for hydroxylation is 1. The van der Waals surface area contributed by atoms with E-state index < -0.39 is 0 Å². The fourth-order valence-corrected chi connectivity index (χ4v) is 1.23. The van der Waals surface area contributed by atoms with E-state index in [1.807, 2.05) is 6.92 Å². The standard InChI is InChI=1S/C8H12N2O/c1-5-7(4-11)10-8(9-5)6-2-3-6/h6,11H,2-4H2,1H3,(H,9,10). The van der Waals surface area contributed by atoms with Gasteiger partial charge in [0.05, 0.1) is 12.3 Å². The molecular weight excluding hydrogens is 140 g/mol. The van der Waals surface area contributed by atoms with E-state index in [2.05, 4.69) is 9.97 Å². The molecule has 1 fully saturated rings. The van der Waals surface area contributed by atoms with Crippen LogP contribution in [0.15, 0.2) is 0 Å². The highest BCUT2D eigenvalue weighted by atomic mass is 16.3. The molecule has 0 radical (unpaired) electrons. The summed E-state index contributed by atoms with van der Waals surface area (Å²) in [6.07, 6.45) is 2.50. The van der Waals surface area contributed by atoms with Crippen LogP contribution in [-0.4, -0.2) is 15.1 Å². The first-order chi connectivity index (χ1) is 5.31.